The molecule has 1 rings (SSSR count). The first kappa shape index (κ1) is 15.2. The first-order chi connectivity index (χ1) is 9.29. The van der Waals surface area contributed by atoms with E-state index in [0.29, 0.717) is 6.54 Å². The number of ether oxygens (including phenoxy) is 1. The lowest BCUT2D eigenvalue weighted by molar-refractivity contribution is -0.121. The number of rotatable bonds is 8. The van der Waals surface area contributed by atoms with Crippen molar-refractivity contribution in [2.45, 2.75) is 25.2 Å². The Labute approximate surface area is 114 Å². The first-order valence-corrected chi connectivity index (χ1v) is 6.50. The minimum atomic E-state index is -0.722. The summed E-state index contributed by atoms with van der Waals surface area (Å²) in [5.41, 5.74) is 0.738. The van der Waals surface area contributed by atoms with E-state index in [1.807, 2.05) is 24.3 Å². The number of methoxy groups -OCH3 is 1. The van der Waals surface area contributed by atoms with Crippen LogP contribution in [-0.4, -0.2) is 26.2 Å². The largest absolute Gasteiger partial charge is 0.385 e. The van der Waals surface area contributed by atoms with E-state index >= 15 is 0 Å². The van der Waals surface area contributed by atoms with Crippen molar-refractivity contribution in [3.8, 4) is 6.07 Å². The molecule has 1 N–H and O–H groups in total. The molecule has 0 aliphatic heterocycles. The average Bonchev–Trinajstić information content (AvgIpc) is 2.45. The lowest BCUT2D eigenvalue weighted by Crippen LogP contribution is -2.29. The number of nitrogens with one attached hydrogen (secondary N) is 1. The minimum absolute atomic E-state index is 0.222. The highest BCUT2D eigenvalue weighted by atomic mass is 16.5. The summed E-state index contributed by atoms with van der Waals surface area (Å²) in [5, 5.41) is 11.9. The Hall–Kier alpha value is -1.86. The van der Waals surface area contributed by atoms with Crippen LogP contribution in [0.15, 0.2) is 30.3 Å². The summed E-state index contributed by atoms with van der Waals surface area (Å²) >= 11 is 0. The van der Waals surface area contributed by atoms with Crippen LogP contribution in [0.4, 0.5) is 0 Å². The topological polar surface area (TPSA) is 62.1 Å². The fourth-order valence-electron chi connectivity index (χ4n) is 1.79. The van der Waals surface area contributed by atoms with Crippen LogP contribution in [0.1, 0.15) is 30.7 Å². The summed E-state index contributed by atoms with van der Waals surface area (Å²) < 4.78 is 4.95. The number of hydrogen-bond donors (Lipinski definition) is 1. The highest BCUT2D eigenvalue weighted by Gasteiger charge is 2.18. The third kappa shape index (κ3) is 5.54. The lowest BCUT2D eigenvalue weighted by atomic mass is 10.00. The van der Waals surface area contributed by atoms with Crippen molar-refractivity contribution in [3.63, 3.8) is 0 Å². The Morgan fingerprint density at radius 1 is 1.32 bits per heavy atom. The number of carbonyl (C=O) groups excluding carboxylic acids is 1. The molecule has 1 aromatic carbocycles. The minimum Gasteiger partial charge on any atom is -0.385 e. The maximum absolute atomic E-state index is 11.9. The predicted octanol–water partition coefficient (Wildman–Crippen LogP) is 2.23. The molecule has 4 nitrogen and oxygen atoms in total. The van der Waals surface area contributed by atoms with E-state index in [1.54, 1.807) is 19.2 Å². The predicted molar refractivity (Wildman–Crippen MR) is 73.5 cm³/mol. The van der Waals surface area contributed by atoms with E-state index < -0.39 is 5.92 Å². The smallest absolute Gasteiger partial charge is 0.241 e. The molecule has 0 radical (unpaired) electrons. The van der Waals surface area contributed by atoms with E-state index in [4.69, 9.17) is 10.00 Å². The van der Waals surface area contributed by atoms with Crippen LogP contribution in [0.25, 0.3) is 0 Å². The molecular weight excluding hydrogens is 240 g/mol. The first-order valence-electron chi connectivity index (χ1n) is 6.50. The highest BCUT2D eigenvalue weighted by Crippen LogP contribution is 2.14. The molecule has 0 saturated heterocycles. The monoisotopic (exact) mass is 260 g/mol. The summed E-state index contributed by atoms with van der Waals surface area (Å²) in [4.78, 5) is 11.9. The summed E-state index contributed by atoms with van der Waals surface area (Å²) in [6, 6.07) is 11.2. The molecule has 1 atom stereocenters. The van der Waals surface area contributed by atoms with Crippen LogP contribution >= 0.6 is 0 Å². The van der Waals surface area contributed by atoms with E-state index in [-0.39, 0.29) is 5.91 Å². The molecule has 1 amide bonds. The van der Waals surface area contributed by atoms with Gasteiger partial charge in [0, 0.05) is 20.3 Å². The second-order valence-electron chi connectivity index (χ2n) is 4.32. The van der Waals surface area contributed by atoms with Gasteiger partial charge in [-0.15, -0.1) is 0 Å². The second kappa shape index (κ2) is 9.12. The van der Waals surface area contributed by atoms with E-state index in [9.17, 15) is 4.79 Å². The van der Waals surface area contributed by atoms with Gasteiger partial charge < -0.3 is 10.1 Å². The zero-order valence-electron chi connectivity index (χ0n) is 11.3. The Morgan fingerprint density at radius 3 is 2.68 bits per heavy atom. The molecular formula is C15H20N2O2. The quantitative estimate of drug-likeness (QED) is 0.729. The number of amides is 1. The van der Waals surface area contributed by atoms with Crippen LogP contribution in [-0.2, 0) is 9.53 Å². The van der Waals surface area contributed by atoms with Crippen LogP contribution in [0.2, 0.25) is 0 Å². The molecule has 0 aromatic heterocycles. The van der Waals surface area contributed by atoms with E-state index in [2.05, 4.69) is 5.32 Å². The molecule has 0 aliphatic rings. The van der Waals surface area contributed by atoms with Crippen molar-refractivity contribution < 1.29 is 9.53 Å². The third-order valence-electron chi connectivity index (χ3n) is 2.85. The molecule has 0 saturated carbocycles. The summed E-state index contributed by atoms with van der Waals surface area (Å²) in [7, 11) is 1.68. The van der Waals surface area contributed by atoms with Crippen molar-refractivity contribution in [2.75, 3.05) is 20.3 Å². The van der Waals surface area contributed by atoms with Gasteiger partial charge in [0.05, 0.1) is 6.07 Å². The van der Waals surface area contributed by atoms with E-state index in [0.717, 1.165) is 31.4 Å². The highest BCUT2D eigenvalue weighted by molar-refractivity contribution is 5.86. The maximum Gasteiger partial charge on any atom is 0.241 e. The molecule has 0 aliphatic carbocycles. The Morgan fingerprint density at radius 2 is 2.05 bits per heavy atom. The average molecular weight is 260 g/mol. The van der Waals surface area contributed by atoms with Crippen LogP contribution in [0.5, 0.6) is 0 Å². The SMILES string of the molecule is COCCCCCNC(=O)C(C#N)c1ccccc1. The molecule has 1 aromatic rings. The molecule has 4 heteroatoms. The maximum atomic E-state index is 11.9. The van der Waals surface area contributed by atoms with Gasteiger partial charge in [-0.25, -0.2) is 0 Å². The fourth-order valence-corrected chi connectivity index (χ4v) is 1.79. The van der Waals surface area contributed by atoms with Gasteiger partial charge in [-0.05, 0) is 24.8 Å². The number of benzene rings is 1. The van der Waals surface area contributed by atoms with Gasteiger partial charge in [0.15, 0.2) is 0 Å². The van der Waals surface area contributed by atoms with Crippen LogP contribution in [0.3, 0.4) is 0 Å². The van der Waals surface area contributed by atoms with Gasteiger partial charge in [-0.3, -0.25) is 4.79 Å². The fraction of sp³-hybridized carbons (Fsp3) is 0.467. The third-order valence-corrected chi connectivity index (χ3v) is 2.85. The Kier molecular flexibility index (Phi) is 7.30. The molecule has 19 heavy (non-hydrogen) atoms. The van der Waals surface area contributed by atoms with Gasteiger partial charge >= 0.3 is 0 Å². The van der Waals surface area contributed by atoms with Gasteiger partial charge in [-0.2, -0.15) is 5.26 Å². The number of nitriles is 1. The number of unbranched alkanes of at least 4 members (excludes halogenated alkanes) is 2. The molecule has 0 fully saturated rings. The molecule has 0 spiro atoms. The summed E-state index contributed by atoms with van der Waals surface area (Å²) in [6.45, 7) is 1.35. The van der Waals surface area contributed by atoms with Crippen molar-refractivity contribution in [2.24, 2.45) is 0 Å². The number of carbonyl (C=O) groups is 1. The standard InChI is InChI=1S/C15H20N2O2/c1-19-11-7-3-6-10-17-15(18)14(12-16)13-8-4-2-5-9-13/h2,4-5,8-9,14H,3,6-7,10-11H2,1H3,(H,17,18). The second-order valence-corrected chi connectivity index (χ2v) is 4.32. The van der Waals surface area contributed by atoms with Crippen LogP contribution < -0.4 is 5.32 Å². The number of nitrogens with zero attached hydrogens (tertiary/aromatic N) is 1. The summed E-state index contributed by atoms with van der Waals surface area (Å²) in [5.74, 6) is -0.944. The normalized spacial score (nSPS) is 11.6. The zero-order chi connectivity index (χ0) is 13.9. The van der Waals surface area contributed by atoms with Crippen molar-refractivity contribution in [3.05, 3.63) is 35.9 Å². The molecule has 0 bridgehead atoms. The van der Waals surface area contributed by atoms with Crippen molar-refractivity contribution >= 4 is 5.91 Å². The van der Waals surface area contributed by atoms with E-state index in [1.165, 1.54) is 0 Å². The molecule has 1 unspecified atom stereocenters. The zero-order valence-corrected chi connectivity index (χ0v) is 11.3. The number of hydrogen-bond acceptors (Lipinski definition) is 3. The van der Waals surface area contributed by atoms with Crippen molar-refractivity contribution in [1.29, 1.82) is 5.26 Å². The van der Waals surface area contributed by atoms with Gasteiger partial charge in [0.2, 0.25) is 5.91 Å². The molecule has 102 valence electrons. The van der Waals surface area contributed by atoms with Gasteiger partial charge in [0.1, 0.15) is 5.92 Å². The van der Waals surface area contributed by atoms with Crippen molar-refractivity contribution in [1.82, 2.24) is 5.32 Å². The lowest BCUT2D eigenvalue weighted by Gasteiger charge is -2.10. The summed E-state index contributed by atoms with van der Waals surface area (Å²) in [6.07, 6.45) is 2.91. The Balaban J connectivity index is 2.34. The van der Waals surface area contributed by atoms with Crippen LogP contribution in [0, 0.1) is 11.3 Å². The molecule has 0 heterocycles. The van der Waals surface area contributed by atoms with Gasteiger partial charge in [0.25, 0.3) is 0 Å². The van der Waals surface area contributed by atoms with Gasteiger partial charge in [-0.1, -0.05) is 30.3 Å². The Bertz CT molecular complexity index is 412.